The number of pyridine rings is 1. The second kappa shape index (κ2) is 7.11. The topological polar surface area (TPSA) is 62.3 Å². The molecule has 0 saturated heterocycles. The zero-order chi connectivity index (χ0) is 18.1. The standard InChI is InChI=1S/C20H21N3O2S/c1-23-16-7-4-10-21-19(16)26-17-9-8-14(12-15(17)20(23)25)22-18(24)11-13-5-2-3-6-13/h4,7-10,12-13H,2-3,5-6,11H2,1H3,(H,22,24). The van der Waals surface area contributed by atoms with Gasteiger partial charge in [0.2, 0.25) is 5.91 Å². The molecule has 1 N–H and O–H groups in total. The summed E-state index contributed by atoms with van der Waals surface area (Å²) in [7, 11) is 1.75. The lowest BCUT2D eigenvalue weighted by molar-refractivity contribution is -0.117. The smallest absolute Gasteiger partial charge is 0.259 e. The summed E-state index contributed by atoms with van der Waals surface area (Å²) in [5.74, 6) is 0.440. The predicted molar refractivity (Wildman–Crippen MR) is 103 cm³/mol. The summed E-state index contributed by atoms with van der Waals surface area (Å²) >= 11 is 1.48. The maximum absolute atomic E-state index is 12.9. The zero-order valence-electron chi connectivity index (χ0n) is 14.7. The third-order valence-corrected chi connectivity index (χ3v) is 6.15. The monoisotopic (exact) mass is 367 g/mol. The molecule has 1 saturated carbocycles. The van der Waals surface area contributed by atoms with Crippen molar-refractivity contribution in [2.45, 2.75) is 42.0 Å². The summed E-state index contributed by atoms with van der Waals surface area (Å²) in [6.45, 7) is 0. The average molecular weight is 367 g/mol. The minimum Gasteiger partial charge on any atom is -0.326 e. The number of carbonyl (C=O) groups is 2. The molecule has 4 rings (SSSR count). The number of carbonyl (C=O) groups excluding carboxylic acids is 2. The first-order valence-corrected chi connectivity index (χ1v) is 9.78. The number of aromatic nitrogens is 1. The van der Waals surface area contributed by atoms with Crippen LogP contribution in [0, 0.1) is 5.92 Å². The number of hydrogen-bond donors (Lipinski definition) is 1. The van der Waals surface area contributed by atoms with E-state index in [0.29, 0.717) is 23.6 Å². The fourth-order valence-electron chi connectivity index (χ4n) is 3.66. The van der Waals surface area contributed by atoms with Gasteiger partial charge in [0.25, 0.3) is 5.91 Å². The molecule has 5 nitrogen and oxygen atoms in total. The van der Waals surface area contributed by atoms with Crippen LogP contribution in [0.15, 0.2) is 46.5 Å². The Bertz CT molecular complexity index is 862. The van der Waals surface area contributed by atoms with E-state index < -0.39 is 0 Å². The first kappa shape index (κ1) is 17.1. The number of rotatable bonds is 3. The Hall–Kier alpha value is -2.34. The van der Waals surface area contributed by atoms with Gasteiger partial charge < -0.3 is 10.2 Å². The number of amides is 2. The Morgan fingerprint density at radius 3 is 2.92 bits per heavy atom. The van der Waals surface area contributed by atoms with Crippen LogP contribution in [0.5, 0.6) is 0 Å². The van der Waals surface area contributed by atoms with Gasteiger partial charge in [0.15, 0.2) is 0 Å². The van der Waals surface area contributed by atoms with Crippen LogP contribution < -0.4 is 10.2 Å². The summed E-state index contributed by atoms with van der Waals surface area (Å²) in [6, 6.07) is 9.25. The number of anilines is 2. The van der Waals surface area contributed by atoms with Crippen molar-refractivity contribution in [1.29, 1.82) is 0 Å². The number of benzene rings is 1. The third-order valence-electron chi connectivity index (χ3n) is 5.07. The van der Waals surface area contributed by atoms with Gasteiger partial charge in [0.05, 0.1) is 11.3 Å². The van der Waals surface area contributed by atoms with Crippen LogP contribution in [0.3, 0.4) is 0 Å². The Kier molecular flexibility index (Phi) is 4.68. The average Bonchev–Trinajstić information content (AvgIpc) is 3.11. The molecule has 0 radical (unpaired) electrons. The number of fused-ring (bicyclic) bond motifs is 2. The highest BCUT2D eigenvalue weighted by atomic mass is 32.2. The van der Waals surface area contributed by atoms with Gasteiger partial charge in [-0.2, -0.15) is 0 Å². The van der Waals surface area contributed by atoms with Gasteiger partial charge in [0.1, 0.15) is 5.03 Å². The molecular weight excluding hydrogens is 346 g/mol. The Balaban J connectivity index is 1.57. The second-order valence-corrected chi connectivity index (χ2v) is 7.94. The van der Waals surface area contributed by atoms with Crippen LogP contribution in [0.2, 0.25) is 0 Å². The quantitative estimate of drug-likeness (QED) is 0.876. The van der Waals surface area contributed by atoms with E-state index in [4.69, 9.17) is 0 Å². The molecule has 0 atom stereocenters. The first-order valence-electron chi connectivity index (χ1n) is 8.96. The molecule has 2 amide bonds. The molecular formula is C20H21N3O2S. The van der Waals surface area contributed by atoms with Crippen molar-refractivity contribution >= 4 is 35.0 Å². The van der Waals surface area contributed by atoms with E-state index in [-0.39, 0.29) is 11.8 Å². The van der Waals surface area contributed by atoms with Gasteiger partial charge in [-0.25, -0.2) is 4.98 Å². The molecule has 1 aliphatic carbocycles. The molecule has 1 aromatic heterocycles. The van der Waals surface area contributed by atoms with E-state index in [9.17, 15) is 9.59 Å². The fraction of sp³-hybridized carbons (Fsp3) is 0.350. The highest BCUT2D eigenvalue weighted by molar-refractivity contribution is 7.99. The third kappa shape index (κ3) is 3.33. The van der Waals surface area contributed by atoms with Crippen molar-refractivity contribution < 1.29 is 9.59 Å². The summed E-state index contributed by atoms with van der Waals surface area (Å²) in [4.78, 5) is 32.1. The van der Waals surface area contributed by atoms with Gasteiger partial charge in [-0.15, -0.1) is 0 Å². The van der Waals surface area contributed by atoms with E-state index in [1.807, 2.05) is 24.3 Å². The molecule has 2 aliphatic rings. The lowest BCUT2D eigenvalue weighted by Crippen LogP contribution is -2.26. The molecule has 1 fully saturated rings. The summed E-state index contributed by atoms with van der Waals surface area (Å²) in [5.41, 5.74) is 2.06. The molecule has 0 spiro atoms. The first-order chi connectivity index (χ1) is 12.6. The van der Waals surface area contributed by atoms with Crippen LogP contribution in [-0.2, 0) is 4.79 Å². The van der Waals surface area contributed by atoms with Crippen LogP contribution in [0.1, 0.15) is 42.5 Å². The minimum absolute atomic E-state index is 0.0314. The molecule has 1 aliphatic heterocycles. The molecule has 0 unspecified atom stereocenters. The lowest BCUT2D eigenvalue weighted by Gasteiger charge is -2.16. The Morgan fingerprint density at radius 2 is 2.12 bits per heavy atom. The molecule has 1 aromatic carbocycles. The second-order valence-electron chi connectivity index (χ2n) is 6.91. The molecule has 2 aromatic rings. The highest BCUT2D eigenvalue weighted by Gasteiger charge is 2.26. The van der Waals surface area contributed by atoms with E-state index in [1.165, 1.54) is 24.6 Å². The maximum atomic E-state index is 12.9. The molecule has 26 heavy (non-hydrogen) atoms. The van der Waals surface area contributed by atoms with E-state index in [2.05, 4.69) is 10.3 Å². The van der Waals surface area contributed by atoms with Crippen LogP contribution in [0.25, 0.3) is 0 Å². The van der Waals surface area contributed by atoms with Gasteiger partial charge in [-0.05, 0) is 49.1 Å². The van der Waals surface area contributed by atoms with Gasteiger partial charge in [-0.1, -0.05) is 24.6 Å². The van der Waals surface area contributed by atoms with Crippen molar-refractivity contribution in [2.24, 2.45) is 5.92 Å². The normalized spacial score (nSPS) is 16.8. The Morgan fingerprint density at radius 1 is 1.31 bits per heavy atom. The van der Waals surface area contributed by atoms with Crippen molar-refractivity contribution in [2.75, 3.05) is 17.3 Å². The predicted octanol–water partition coefficient (Wildman–Crippen LogP) is 4.34. The highest BCUT2D eigenvalue weighted by Crippen LogP contribution is 2.40. The fourth-order valence-corrected chi connectivity index (χ4v) is 4.69. The summed E-state index contributed by atoms with van der Waals surface area (Å²) < 4.78 is 0. The molecule has 134 valence electrons. The minimum atomic E-state index is -0.0915. The van der Waals surface area contributed by atoms with Gasteiger partial charge in [-0.3, -0.25) is 9.59 Å². The van der Waals surface area contributed by atoms with E-state index >= 15 is 0 Å². The van der Waals surface area contributed by atoms with Crippen LogP contribution in [0.4, 0.5) is 11.4 Å². The van der Waals surface area contributed by atoms with E-state index in [1.54, 1.807) is 24.2 Å². The molecule has 0 bridgehead atoms. The maximum Gasteiger partial charge on any atom is 0.259 e. The SMILES string of the molecule is CN1C(=O)c2cc(NC(=O)CC3CCCC3)ccc2Sc2ncccc21. The lowest BCUT2D eigenvalue weighted by atomic mass is 10.0. The van der Waals surface area contributed by atoms with Crippen molar-refractivity contribution in [3.63, 3.8) is 0 Å². The van der Waals surface area contributed by atoms with Crippen LogP contribution >= 0.6 is 11.8 Å². The van der Waals surface area contributed by atoms with Crippen molar-refractivity contribution in [3.8, 4) is 0 Å². The van der Waals surface area contributed by atoms with Crippen molar-refractivity contribution in [3.05, 3.63) is 42.1 Å². The molecule has 6 heteroatoms. The molecule has 2 heterocycles. The van der Waals surface area contributed by atoms with Gasteiger partial charge in [0, 0.05) is 30.2 Å². The number of nitrogens with zero attached hydrogens (tertiary/aromatic N) is 2. The Labute approximate surface area is 157 Å². The van der Waals surface area contributed by atoms with Crippen molar-refractivity contribution in [1.82, 2.24) is 4.98 Å². The summed E-state index contributed by atoms with van der Waals surface area (Å²) in [5, 5.41) is 3.77. The summed E-state index contributed by atoms with van der Waals surface area (Å²) in [6.07, 6.45) is 7.03. The largest absolute Gasteiger partial charge is 0.326 e. The number of hydrogen-bond acceptors (Lipinski definition) is 4. The zero-order valence-corrected chi connectivity index (χ0v) is 15.5. The van der Waals surface area contributed by atoms with E-state index in [0.717, 1.165) is 28.5 Å². The van der Waals surface area contributed by atoms with Crippen LogP contribution in [-0.4, -0.2) is 23.8 Å². The van der Waals surface area contributed by atoms with Gasteiger partial charge >= 0.3 is 0 Å². The number of nitrogens with one attached hydrogen (secondary N) is 1.